The molecule has 6 nitrogen and oxygen atoms in total. The van der Waals surface area contributed by atoms with Gasteiger partial charge in [0.2, 0.25) is 5.91 Å². The maximum absolute atomic E-state index is 12.3. The van der Waals surface area contributed by atoms with Crippen molar-refractivity contribution in [1.82, 2.24) is 19.7 Å². The lowest BCUT2D eigenvalue weighted by Crippen LogP contribution is -2.24. The lowest BCUT2D eigenvalue weighted by Gasteiger charge is -2.11. The van der Waals surface area contributed by atoms with Crippen LogP contribution in [0.2, 0.25) is 0 Å². The van der Waals surface area contributed by atoms with E-state index in [1.54, 1.807) is 11.8 Å². The van der Waals surface area contributed by atoms with Crippen LogP contribution in [0.1, 0.15) is 18.1 Å². The van der Waals surface area contributed by atoms with Gasteiger partial charge in [0.1, 0.15) is 11.6 Å². The second-order valence-electron chi connectivity index (χ2n) is 7.18. The molecule has 1 N–H and O–H groups in total. The van der Waals surface area contributed by atoms with E-state index in [2.05, 4.69) is 15.0 Å². The minimum atomic E-state index is 0.0156. The third-order valence-corrected chi connectivity index (χ3v) is 5.86. The lowest BCUT2D eigenvalue weighted by molar-refractivity contribution is -0.118. The molecule has 7 heteroatoms. The van der Waals surface area contributed by atoms with Gasteiger partial charge in [-0.15, -0.1) is 11.8 Å². The Morgan fingerprint density at radius 2 is 1.78 bits per heavy atom. The van der Waals surface area contributed by atoms with Crippen LogP contribution < -0.4 is 10.1 Å². The van der Waals surface area contributed by atoms with Gasteiger partial charge in [0.25, 0.3) is 0 Å². The Kier molecular flexibility index (Phi) is 7.30. The molecule has 2 aromatic carbocycles. The number of nitrogens with one attached hydrogen (secondary N) is 1. The maximum atomic E-state index is 12.3. The van der Waals surface area contributed by atoms with Gasteiger partial charge in [0.05, 0.1) is 24.2 Å². The fourth-order valence-electron chi connectivity index (χ4n) is 3.36. The van der Waals surface area contributed by atoms with Crippen molar-refractivity contribution in [2.45, 2.75) is 19.2 Å². The highest BCUT2D eigenvalue weighted by molar-refractivity contribution is 7.99. The van der Waals surface area contributed by atoms with Crippen LogP contribution in [0.25, 0.3) is 11.5 Å². The second kappa shape index (κ2) is 10.7. The fraction of sp³-hybridized carbons (Fsp3) is 0.200. The molecular formula is C25H26N4O2S. The normalized spacial score (nSPS) is 10.8. The van der Waals surface area contributed by atoms with Crippen LogP contribution in [0, 0.1) is 0 Å². The number of carbonyl (C=O) groups is 1. The van der Waals surface area contributed by atoms with E-state index in [-0.39, 0.29) is 5.91 Å². The standard InChI is InChI=1S/C25H26N4O2S/c1-2-31-23-12-10-20(11-13-23)16-26-24(30)19-32-18-21-17-27-29(22-8-4-3-5-9-22)25(21)28-14-6-7-15-28/h3-15,17H,2,16,18-19H2,1H3,(H,26,30). The molecule has 32 heavy (non-hydrogen) atoms. The quantitative estimate of drug-likeness (QED) is 0.386. The Hall–Kier alpha value is -3.45. The summed E-state index contributed by atoms with van der Waals surface area (Å²) < 4.78 is 9.44. The molecule has 0 atom stereocenters. The number of thioether (sulfide) groups is 1. The van der Waals surface area contributed by atoms with Crippen molar-refractivity contribution in [3.63, 3.8) is 0 Å². The van der Waals surface area contributed by atoms with Gasteiger partial charge in [-0.2, -0.15) is 5.10 Å². The number of nitrogens with zero attached hydrogens (tertiary/aromatic N) is 3. The molecule has 1 amide bonds. The van der Waals surface area contributed by atoms with E-state index < -0.39 is 0 Å². The Morgan fingerprint density at radius 3 is 2.50 bits per heavy atom. The van der Waals surface area contributed by atoms with Gasteiger partial charge in [-0.25, -0.2) is 4.68 Å². The van der Waals surface area contributed by atoms with E-state index in [1.807, 2.05) is 96.9 Å². The van der Waals surface area contributed by atoms with Gasteiger partial charge in [0, 0.05) is 30.3 Å². The topological polar surface area (TPSA) is 61.1 Å². The first-order valence-electron chi connectivity index (χ1n) is 10.6. The Bertz CT molecular complexity index is 1120. The van der Waals surface area contributed by atoms with Crippen LogP contribution >= 0.6 is 11.8 Å². The number of ether oxygens (including phenoxy) is 1. The minimum absolute atomic E-state index is 0.0156. The van der Waals surface area contributed by atoms with Gasteiger partial charge in [0.15, 0.2) is 0 Å². The molecule has 0 saturated carbocycles. The summed E-state index contributed by atoms with van der Waals surface area (Å²) in [6.07, 6.45) is 5.90. The molecule has 4 aromatic rings. The van der Waals surface area contributed by atoms with Gasteiger partial charge in [-0.3, -0.25) is 4.79 Å². The molecule has 0 saturated heterocycles. The van der Waals surface area contributed by atoms with Crippen LogP contribution in [0.3, 0.4) is 0 Å². The molecule has 0 aliphatic rings. The number of aromatic nitrogens is 3. The van der Waals surface area contributed by atoms with E-state index in [0.717, 1.165) is 28.4 Å². The van der Waals surface area contributed by atoms with E-state index in [0.29, 0.717) is 24.7 Å². The number of carbonyl (C=O) groups excluding carboxylic acids is 1. The molecular weight excluding hydrogens is 420 g/mol. The highest BCUT2D eigenvalue weighted by atomic mass is 32.2. The SMILES string of the molecule is CCOc1ccc(CNC(=O)CSCc2cnn(-c3ccccc3)c2-n2cccc2)cc1. The van der Waals surface area contributed by atoms with E-state index in [4.69, 9.17) is 4.74 Å². The first-order chi connectivity index (χ1) is 15.7. The van der Waals surface area contributed by atoms with Crippen molar-refractivity contribution in [2.24, 2.45) is 0 Å². The first-order valence-corrected chi connectivity index (χ1v) is 11.7. The Balaban J connectivity index is 1.35. The van der Waals surface area contributed by atoms with Gasteiger partial charge in [-0.05, 0) is 48.9 Å². The minimum Gasteiger partial charge on any atom is -0.494 e. The monoisotopic (exact) mass is 446 g/mol. The predicted octanol–water partition coefficient (Wildman–Crippen LogP) is 4.61. The zero-order valence-electron chi connectivity index (χ0n) is 18.0. The molecule has 0 fully saturated rings. The summed E-state index contributed by atoms with van der Waals surface area (Å²) in [6, 6.07) is 21.8. The van der Waals surface area contributed by atoms with Crippen LogP contribution in [0.4, 0.5) is 0 Å². The average Bonchev–Trinajstić information content (AvgIpc) is 3.49. The summed E-state index contributed by atoms with van der Waals surface area (Å²) in [4.78, 5) is 12.3. The summed E-state index contributed by atoms with van der Waals surface area (Å²) >= 11 is 1.58. The molecule has 4 rings (SSSR count). The summed E-state index contributed by atoms with van der Waals surface area (Å²) in [6.45, 7) is 3.11. The third-order valence-electron chi connectivity index (χ3n) is 4.88. The predicted molar refractivity (Wildman–Crippen MR) is 129 cm³/mol. The molecule has 0 radical (unpaired) electrons. The largest absolute Gasteiger partial charge is 0.494 e. The van der Waals surface area contributed by atoms with Gasteiger partial charge >= 0.3 is 0 Å². The highest BCUT2D eigenvalue weighted by Crippen LogP contribution is 2.23. The molecule has 0 bridgehead atoms. The number of hydrogen-bond acceptors (Lipinski definition) is 4. The first kappa shape index (κ1) is 21.8. The number of rotatable bonds is 10. The lowest BCUT2D eigenvalue weighted by atomic mass is 10.2. The van der Waals surface area contributed by atoms with Crippen molar-refractivity contribution in [3.8, 4) is 17.3 Å². The van der Waals surface area contributed by atoms with E-state index in [9.17, 15) is 4.79 Å². The van der Waals surface area contributed by atoms with Crippen molar-refractivity contribution in [2.75, 3.05) is 12.4 Å². The Labute approximate surface area is 192 Å². The maximum Gasteiger partial charge on any atom is 0.230 e. The third kappa shape index (κ3) is 5.42. The molecule has 164 valence electrons. The van der Waals surface area contributed by atoms with Gasteiger partial charge in [-0.1, -0.05) is 30.3 Å². The number of para-hydroxylation sites is 1. The van der Waals surface area contributed by atoms with Crippen LogP contribution in [-0.4, -0.2) is 32.6 Å². The second-order valence-corrected chi connectivity index (χ2v) is 8.16. The zero-order valence-corrected chi connectivity index (χ0v) is 18.8. The molecule has 2 aromatic heterocycles. The number of hydrogen-bond donors (Lipinski definition) is 1. The molecule has 2 heterocycles. The average molecular weight is 447 g/mol. The molecule has 0 aliphatic carbocycles. The summed E-state index contributed by atoms with van der Waals surface area (Å²) in [5, 5.41) is 7.59. The van der Waals surface area contributed by atoms with Crippen LogP contribution in [0.15, 0.2) is 85.3 Å². The van der Waals surface area contributed by atoms with E-state index in [1.165, 1.54) is 0 Å². The number of amides is 1. The van der Waals surface area contributed by atoms with Crippen molar-refractivity contribution < 1.29 is 9.53 Å². The van der Waals surface area contributed by atoms with Crippen molar-refractivity contribution in [3.05, 3.63) is 96.4 Å². The molecule has 0 spiro atoms. The summed E-state index contributed by atoms with van der Waals surface area (Å²) in [5.74, 6) is 2.92. The molecule has 0 aliphatic heterocycles. The Morgan fingerprint density at radius 1 is 1.03 bits per heavy atom. The summed E-state index contributed by atoms with van der Waals surface area (Å²) in [5.41, 5.74) is 3.13. The summed E-state index contributed by atoms with van der Waals surface area (Å²) in [7, 11) is 0. The van der Waals surface area contributed by atoms with Crippen molar-refractivity contribution in [1.29, 1.82) is 0 Å². The van der Waals surface area contributed by atoms with Gasteiger partial charge < -0.3 is 14.6 Å². The fourth-order valence-corrected chi connectivity index (χ4v) is 4.18. The van der Waals surface area contributed by atoms with Crippen LogP contribution in [-0.2, 0) is 17.1 Å². The zero-order chi connectivity index (χ0) is 22.2. The number of benzene rings is 2. The van der Waals surface area contributed by atoms with E-state index >= 15 is 0 Å². The molecule has 0 unspecified atom stereocenters. The highest BCUT2D eigenvalue weighted by Gasteiger charge is 2.14. The smallest absolute Gasteiger partial charge is 0.230 e. The van der Waals surface area contributed by atoms with Crippen LogP contribution in [0.5, 0.6) is 5.75 Å². The van der Waals surface area contributed by atoms with Crippen molar-refractivity contribution >= 4 is 17.7 Å².